The predicted octanol–water partition coefficient (Wildman–Crippen LogP) is 1.33. The molecule has 1 aliphatic carbocycles. The average molecular weight is 316 g/mol. The van der Waals surface area contributed by atoms with Gasteiger partial charge in [0, 0.05) is 19.1 Å². The van der Waals surface area contributed by atoms with E-state index < -0.39 is 15.1 Å². The SMILES string of the molecule is CCNC1CCC(N(C)C(=O)C2CCCCS2(=O)=O)CC1. The zero-order valence-corrected chi connectivity index (χ0v) is 14.0. The fourth-order valence-electron chi connectivity index (χ4n) is 3.59. The summed E-state index contributed by atoms with van der Waals surface area (Å²) in [6.07, 6.45) is 6.10. The molecule has 1 aliphatic heterocycles. The molecule has 0 radical (unpaired) electrons. The van der Waals surface area contributed by atoms with Gasteiger partial charge in [-0.05, 0) is 45.1 Å². The van der Waals surface area contributed by atoms with Gasteiger partial charge in [-0.25, -0.2) is 8.42 Å². The van der Waals surface area contributed by atoms with Crippen LogP contribution in [0, 0.1) is 0 Å². The number of carbonyl (C=O) groups is 1. The highest BCUT2D eigenvalue weighted by Crippen LogP contribution is 2.26. The van der Waals surface area contributed by atoms with Gasteiger partial charge < -0.3 is 10.2 Å². The van der Waals surface area contributed by atoms with E-state index in [-0.39, 0.29) is 17.7 Å². The third-order valence-corrected chi connectivity index (χ3v) is 7.10. The molecule has 5 nitrogen and oxygen atoms in total. The lowest BCUT2D eigenvalue weighted by atomic mass is 9.90. The van der Waals surface area contributed by atoms with Gasteiger partial charge in [0.1, 0.15) is 5.25 Å². The van der Waals surface area contributed by atoms with Crippen LogP contribution in [-0.4, -0.2) is 55.9 Å². The molecule has 2 fully saturated rings. The van der Waals surface area contributed by atoms with Crippen LogP contribution in [-0.2, 0) is 14.6 Å². The molecule has 122 valence electrons. The molecule has 1 saturated heterocycles. The van der Waals surface area contributed by atoms with Gasteiger partial charge in [-0.3, -0.25) is 4.79 Å². The Bertz CT molecular complexity index is 456. The molecular weight excluding hydrogens is 288 g/mol. The Morgan fingerprint density at radius 3 is 2.38 bits per heavy atom. The van der Waals surface area contributed by atoms with Crippen molar-refractivity contribution in [2.75, 3.05) is 19.3 Å². The summed E-state index contributed by atoms with van der Waals surface area (Å²) in [6, 6.07) is 0.748. The van der Waals surface area contributed by atoms with Crippen LogP contribution in [0.15, 0.2) is 0 Å². The molecule has 2 aliphatic rings. The Hall–Kier alpha value is -0.620. The first kappa shape index (κ1) is 16.7. The summed E-state index contributed by atoms with van der Waals surface area (Å²) in [5.41, 5.74) is 0. The smallest absolute Gasteiger partial charge is 0.240 e. The molecule has 2 rings (SSSR count). The van der Waals surface area contributed by atoms with Crippen LogP contribution in [0.5, 0.6) is 0 Å². The van der Waals surface area contributed by atoms with Crippen LogP contribution in [0.1, 0.15) is 51.9 Å². The molecule has 1 N–H and O–H groups in total. The monoisotopic (exact) mass is 316 g/mol. The van der Waals surface area contributed by atoms with Crippen molar-refractivity contribution >= 4 is 15.7 Å². The summed E-state index contributed by atoms with van der Waals surface area (Å²) >= 11 is 0. The van der Waals surface area contributed by atoms with Crippen LogP contribution in [0.2, 0.25) is 0 Å². The minimum atomic E-state index is -3.23. The van der Waals surface area contributed by atoms with Crippen LogP contribution in [0.3, 0.4) is 0 Å². The standard InChI is InChI=1S/C15H28N2O3S/c1-3-16-12-7-9-13(10-8-12)17(2)15(18)14-6-4-5-11-21(14,19)20/h12-14,16H,3-11H2,1-2H3. The van der Waals surface area contributed by atoms with Crippen LogP contribution in [0.4, 0.5) is 0 Å². The maximum absolute atomic E-state index is 12.6. The Morgan fingerprint density at radius 1 is 1.14 bits per heavy atom. The number of sulfone groups is 1. The lowest BCUT2D eigenvalue weighted by molar-refractivity contribution is -0.132. The van der Waals surface area contributed by atoms with E-state index in [1.54, 1.807) is 11.9 Å². The maximum atomic E-state index is 12.6. The lowest BCUT2D eigenvalue weighted by Gasteiger charge is -2.37. The Morgan fingerprint density at radius 2 is 1.81 bits per heavy atom. The summed E-state index contributed by atoms with van der Waals surface area (Å²) in [6.45, 7) is 3.08. The van der Waals surface area contributed by atoms with Crippen LogP contribution in [0.25, 0.3) is 0 Å². The fraction of sp³-hybridized carbons (Fsp3) is 0.933. The molecule has 0 aromatic carbocycles. The molecule has 21 heavy (non-hydrogen) atoms. The van der Waals surface area contributed by atoms with Gasteiger partial charge >= 0.3 is 0 Å². The second-order valence-electron chi connectivity index (χ2n) is 6.36. The highest BCUT2D eigenvalue weighted by molar-refractivity contribution is 7.92. The van der Waals surface area contributed by atoms with Gasteiger partial charge in [-0.2, -0.15) is 0 Å². The maximum Gasteiger partial charge on any atom is 0.240 e. The van der Waals surface area contributed by atoms with Crippen LogP contribution < -0.4 is 5.32 Å². The van der Waals surface area contributed by atoms with Gasteiger partial charge in [0.25, 0.3) is 0 Å². The second-order valence-corrected chi connectivity index (χ2v) is 8.67. The van der Waals surface area contributed by atoms with E-state index in [9.17, 15) is 13.2 Å². The summed E-state index contributed by atoms with van der Waals surface area (Å²) in [7, 11) is -1.45. The topological polar surface area (TPSA) is 66.5 Å². The second kappa shape index (κ2) is 7.09. The number of hydrogen-bond donors (Lipinski definition) is 1. The number of carbonyl (C=O) groups excluding carboxylic acids is 1. The molecule has 6 heteroatoms. The van der Waals surface area contributed by atoms with E-state index in [4.69, 9.17) is 0 Å². The van der Waals surface area contributed by atoms with E-state index in [0.29, 0.717) is 18.9 Å². The molecule has 0 aromatic heterocycles. The van der Waals surface area contributed by atoms with Gasteiger partial charge in [-0.1, -0.05) is 13.3 Å². The van der Waals surface area contributed by atoms with E-state index in [0.717, 1.165) is 38.6 Å². The molecular formula is C15H28N2O3S. The number of hydrogen-bond acceptors (Lipinski definition) is 4. The van der Waals surface area contributed by atoms with Crippen LogP contribution >= 0.6 is 0 Å². The Balaban J connectivity index is 1.94. The van der Waals surface area contributed by atoms with Crippen molar-refractivity contribution in [2.24, 2.45) is 0 Å². The quantitative estimate of drug-likeness (QED) is 0.850. The largest absolute Gasteiger partial charge is 0.342 e. The lowest BCUT2D eigenvalue weighted by Crippen LogP contribution is -2.49. The van der Waals surface area contributed by atoms with Crippen molar-refractivity contribution in [1.82, 2.24) is 10.2 Å². The summed E-state index contributed by atoms with van der Waals surface area (Å²) in [5.74, 6) is -0.00803. The third kappa shape index (κ3) is 3.97. The first-order valence-corrected chi connectivity index (χ1v) is 9.89. The Kier molecular flexibility index (Phi) is 5.66. The van der Waals surface area contributed by atoms with Crippen molar-refractivity contribution in [3.05, 3.63) is 0 Å². The first-order chi connectivity index (χ1) is 9.95. The number of rotatable bonds is 4. The van der Waals surface area contributed by atoms with E-state index in [2.05, 4.69) is 12.2 Å². The predicted molar refractivity (Wildman–Crippen MR) is 83.9 cm³/mol. The molecule has 1 heterocycles. The van der Waals surface area contributed by atoms with Gasteiger partial charge in [0.05, 0.1) is 5.75 Å². The summed E-state index contributed by atoms with van der Waals surface area (Å²) in [5, 5.41) is 2.66. The highest BCUT2D eigenvalue weighted by atomic mass is 32.2. The molecule has 0 spiro atoms. The number of nitrogens with zero attached hydrogens (tertiary/aromatic N) is 1. The minimum absolute atomic E-state index is 0.171. The molecule has 0 bridgehead atoms. The minimum Gasteiger partial charge on any atom is -0.342 e. The summed E-state index contributed by atoms with van der Waals surface area (Å²) in [4.78, 5) is 14.3. The van der Waals surface area contributed by atoms with Gasteiger partial charge in [0.2, 0.25) is 5.91 Å². The zero-order valence-electron chi connectivity index (χ0n) is 13.2. The van der Waals surface area contributed by atoms with E-state index in [1.807, 2.05) is 0 Å². The van der Waals surface area contributed by atoms with E-state index in [1.165, 1.54) is 0 Å². The van der Waals surface area contributed by atoms with Gasteiger partial charge in [0.15, 0.2) is 9.84 Å². The van der Waals surface area contributed by atoms with Gasteiger partial charge in [-0.15, -0.1) is 0 Å². The van der Waals surface area contributed by atoms with Crippen molar-refractivity contribution in [3.8, 4) is 0 Å². The molecule has 1 unspecified atom stereocenters. The molecule has 1 atom stereocenters. The fourth-order valence-corrected chi connectivity index (χ4v) is 5.49. The number of amides is 1. The molecule has 1 saturated carbocycles. The van der Waals surface area contributed by atoms with Crippen molar-refractivity contribution in [3.63, 3.8) is 0 Å². The summed E-state index contributed by atoms with van der Waals surface area (Å²) < 4.78 is 24.2. The number of nitrogens with one attached hydrogen (secondary N) is 1. The Labute approximate surface area is 128 Å². The van der Waals surface area contributed by atoms with E-state index >= 15 is 0 Å². The highest BCUT2D eigenvalue weighted by Gasteiger charge is 2.38. The van der Waals surface area contributed by atoms with Crippen molar-refractivity contribution in [2.45, 2.75) is 69.2 Å². The molecule has 1 amide bonds. The van der Waals surface area contributed by atoms with Crippen molar-refractivity contribution in [1.29, 1.82) is 0 Å². The average Bonchev–Trinajstić information content (AvgIpc) is 2.46. The zero-order chi connectivity index (χ0) is 15.5. The first-order valence-electron chi connectivity index (χ1n) is 8.17. The normalized spacial score (nSPS) is 32.6. The molecule has 0 aromatic rings. The third-order valence-electron chi connectivity index (χ3n) is 4.94. The van der Waals surface area contributed by atoms with Crippen molar-refractivity contribution < 1.29 is 13.2 Å².